The van der Waals surface area contributed by atoms with E-state index in [2.05, 4.69) is 11.8 Å². The monoisotopic (exact) mass is 195 g/mol. The zero-order chi connectivity index (χ0) is 10.0. The summed E-state index contributed by atoms with van der Waals surface area (Å²) < 4.78 is 0. The van der Waals surface area contributed by atoms with Crippen molar-refractivity contribution in [2.45, 2.75) is 57.4 Å². The number of carbonyl (C=O) groups is 1. The van der Waals surface area contributed by atoms with Gasteiger partial charge < -0.3 is 0 Å². The van der Waals surface area contributed by atoms with Crippen LogP contribution in [-0.4, -0.2) is 29.3 Å². The number of nitrogens with zero attached hydrogens (tertiary/aromatic N) is 1. The molecule has 0 aromatic heterocycles. The van der Waals surface area contributed by atoms with Gasteiger partial charge in [0.25, 0.3) is 0 Å². The lowest BCUT2D eigenvalue weighted by Crippen LogP contribution is -2.48. The van der Waals surface area contributed by atoms with E-state index >= 15 is 0 Å². The van der Waals surface area contributed by atoms with Gasteiger partial charge in [0.05, 0.1) is 6.54 Å². The van der Waals surface area contributed by atoms with Gasteiger partial charge in [-0.3, -0.25) is 9.69 Å². The average molecular weight is 195 g/mol. The third-order valence-corrected chi connectivity index (χ3v) is 4.14. The molecular weight excluding hydrogens is 174 g/mol. The Balaban J connectivity index is 2.06. The van der Waals surface area contributed by atoms with Crippen LogP contribution in [0.5, 0.6) is 0 Å². The van der Waals surface area contributed by atoms with Gasteiger partial charge >= 0.3 is 0 Å². The third-order valence-electron chi connectivity index (χ3n) is 4.14. The number of Topliss-reactive ketones (excluding diaryl/α,β-unsaturated/α-hetero) is 1. The number of hydrogen-bond donors (Lipinski definition) is 0. The van der Waals surface area contributed by atoms with Crippen LogP contribution < -0.4 is 0 Å². The summed E-state index contributed by atoms with van der Waals surface area (Å²) in [6.45, 7) is 4.04. The van der Waals surface area contributed by atoms with Gasteiger partial charge in [-0.05, 0) is 19.3 Å². The Kier molecular flexibility index (Phi) is 2.91. The molecule has 0 unspecified atom stereocenters. The van der Waals surface area contributed by atoms with Crippen molar-refractivity contribution < 1.29 is 4.79 Å². The lowest BCUT2D eigenvalue weighted by molar-refractivity contribution is -0.117. The van der Waals surface area contributed by atoms with Crippen molar-refractivity contribution >= 4 is 5.78 Å². The molecule has 0 N–H and O–H groups in total. The molecule has 2 nitrogen and oxygen atoms in total. The molecule has 1 saturated carbocycles. The van der Waals surface area contributed by atoms with E-state index in [1.54, 1.807) is 0 Å². The smallest absolute Gasteiger partial charge is 0.148 e. The maximum Gasteiger partial charge on any atom is 0.148 e. The van der Waals surface area contributed by atoms with Crippen molar-refractivity contribution in [1.82, 2.24) is 4.90 Å². The summed E-state index contributed by atoms with van der Waals surface area (Å²) in [5.74, 6) is 0.448. The number of hydrogen-bond acceptors (Lipinski definition) is 2. The molecule has 0 aromatic rings. The maximum absolute atomic E-state index is 11.3. The van der Waals surface area contributed by atoms with Crippen molar-refractivity contribution in [2.24, 2.45) is 0 Å². The van der Waals surface area contributed by atoms with Gasteiger partial charge in [0.1, 0.15) is 5.78 Å². The van der Waals surface area contributed by atoms with Gasteiger partial charge in [-0.25, -0.2) is 0 Å². The van der Waals surface area contributed by atoms with Crippen LogP contribution in [-0.2, 0) is 4.79 Å². The minimum absolute atomic E-state index is 0.393. The first kappa shape index (κ1) is 10.2. The van der Waals surface area contributed by atoms with E-state index in [4.69, 9.17) is 0 Å². The molecule has 2 rings (SSSR count). The van der Waals surface area contributed by atoms with E-state index in [9.17, 15) is 4.79 Å². The van der Waals surface area contributed by atoms with Crippen molar-refractivity contribution in [1.29, 1.82) is 0 Å². The molecule has 0 spiro atoms. The van der Waals surface area contributed by atoms with Gasteiger partial charge in [0.2, 0.25) is 0 Å². The zero-order valence-corrected chi connectivity index (χ0v) is 9.22. The Bertz CT molecular complexity index is 218. The van der Waals surface area contributed by atoms with Crippen molar-refractivity contribution in [3.63, 3.8) is 0 Å². The van der Waals surface area contributed by atoms with E-state index in [1.807, 2.05) is 0 Å². The summed E-state index contributed by atoms with van der Waals surface area (Å²) in [5, 5.41) is 0. The number of rotatable bonds is 2. The highest BCUT2D eigenvalue weighted by molar-refractivity contribution is 5.82. The number of ketones is 1. The van der Waals surface area contributed by atoms with E-state index in [0.717, 1.165) is 19.5 Å². The molecule has 0 bridgehead atoms. The van der Waals surface area contributed by atoms with E-state index in [0.29, 0.717) is 11.3 Å². The summed E-state index contributed by atoms with van der Waals surface area (Å²) in [6.07, 6.45) is 8.76. The first-order valence-corrected chi connectivity index (χ1v) is 6.04. The van der Waals surface area contributed by atoms with Gasteiger partial charge in [0.15, 0.2) is 0 Å². The SMILES string of the molecule is CCC1(N2CCC(=O)C2)CCCCC1. The highest BCUT2D eigenvalue weighted by Gasteiger charge is 2.39. The van der Waals surface area contributed by atoms with E-state index < -0.39 is 0 Å². The first-order chi connectivity index (χ1) is 6.77. The Morgan fingerprint density at radius 2 is 2.00 bits per heavy atom. The summed E-state index contributed by atoms with van der Waals surface area (Å²) in [4.78, 5) is 13.8. The molecule has 1 aliphatic carbocycles. The molecule has 1 heterocycles. The van der Waals surface area contributed by atoms with Crippen LogP contribution in [0.4, 0.5) is 0 Å². The van der Waals surface area contributed by atoms with Crippen LogP contribution >= 0.6 is 0 Å². The maximum atomic E-state index is 11.3. The molecule has 0 atom stereocenters. The molecule has 14 heavy (non-hydrogen) atoms. The Hall–Kier alpha value is -0.370. The molecule has 1 saturated heterocycles. The summed E-state index contributed by atoms with van der Waals surface area (Å²) in [5.41, 5.74) is 0.393. The molecule has 0 amide bonds. The van der Waals surface area contributed by atoms with Gasteiger partial charge in [-0.2, -0.15) is 0 Å². The highest BCUT2D eigenvalue weighted by atomic mass is 16.1. The van der Waals surface area contributed by atoms with Crippen LogP contribution in [0.2, 0.25) is 0 Å². The zero-order valence-electron chi connectivity index (χ0n) is 9.22. The molecular formula is C12H21NO. The molecule has 1 aliphatic heterocycles. The normalized spacial score (nSPS) is 28.2. The Morgan fingerprint density at radius 3 is 2.50 bits per heavy atom. The summed E-state index contributed by atoms with van der Waals surface area (Å²) in [6, 6.07) is 0. The van der Waals surface area contributed by atoms with Gasteiger partial charge in [-0.15, -0.1) is 0 Å². The minimum atomic E-state index is 0.393. The largest absolute Gasteiger partial charge is 0.298 e. The second-order valence-electron chi connectivity index (χ2n) is 4.85. The molecule has 2 fully saturated rings. The molecule has 0 aromatic carbocycles. The van der Waals surface area contributed by atoms with Crippen molar-refractivity contribution in [3.8, 4) is 0 Å². The third kappa shape index (κ3) is 1.72. The lowest BCUT2D eigenvalue weighted by Gasteiger charge is -2.44. The fourth-order valence-corrected chi connectivity index (χ4v) is 3.14. The lowest BCUT2D eigenvalue weighted by atomic mass is 9.78. The number of likely N-dealkylation sites (tertiary alicyclic amines) is 1. The van der Waals surface area contributed by atoms with Crippen molar-refractivity contribution in [3.05, 3.63) is 0 Å². The second kappa shape index (κ2) is 4.01. The van der Waals surface area contributed by atoms with Gasteiger partial charge in [0, 0.05) is 18.5 Å². The molecule has 2 aliphatic rings. The predicted molar refractivity (Wildman–Crippen MR) is 57.3 cm³/mol. The minimum Gasteiger partial charge on any atom is -0.298 e. The van der Waals surface area contributed by atoms with Crippen LogP contribution in [0, 0.1) is 0 Å². The van der Waals surface area contributed by atoms with Crippen molar-refractivity contribution in [2.75, 3.05) is 13.1 Å². The summed E-state index contributed by atoms with van der Waals surface area (Å²) >= 11 is 0. The summed E-state index contributed by atoms with van der Waals surface area (Å²) in [7, 11) is 0. The van der Waals surface area contributed by atoms with Crippen LogP contribution in [0.1, 0.15) is 51.9 Å². The van der Waals surface area contributed by atoms with Crippen LogP contribution in [0.3, 0.4) is 0 Å². The molecule has 2 heteroatoms. The fraction of sp³-hybridized carbons (Fsp3) is 0.917. The predicted octanol–water partition coefficient (Wildman–Crippen LogP) is 2.37. The van der Waals surface area contributed by atoms with E-state index in [-0.39, 0.29) is 0 Å². The first-order valence-electron chi connectivity index (χ1n) is 6.04. The second-order valence-corrected chi connectivity index (χ2v) is 4.85. The van der Waals surface area contributed by atoms with Gasteiger partial charge in [-0.1, -0.05) is 26.2 Å². The van der Waals surface area contributed by atoms with Crippen LogP contribution in [0.25, 0.3) is 0 Å². The molecule has 80 valence electrons. The Labute approximate surface area is 86.7 Å². The number of carbonyl (C=O) groups excluding carboxylic acids is 1. The topological polar surface area (TPSA) is 20.3 Å². The van der Waals surface area contributed by atoms with E-state index in [1.165, 1.54) is 38.5 Å². The Morgan fingerprint density at radius 1 is 1.29 bits per heavy atom. The standard InChI is InChI=1S/C12H21NO/c1-2-12(7-4-3-5-8-12)13-9-6-11(14)10-13/h2-10H2,1H3. The average Bonchev–Trinajstić information content (AvgIpc) is 2.66. The molecule has 0 radical (unpaired) electrons. The van der Waals surface area contributed by atoms with Crippen LogP contribution in [0.15, 0.2) is 0 Å². The fourth-order valence-electron chi connectivity index (χ4n) is 3.14. The highest BCUT2D eigenvalue weighted by Crippen LogP contribution is 2.37. The quantitative estimate of drug-likeness (QED) is 0.674.